The molecular formula is C28H26ClFN2O. The maximum Gasteiger partial charge on any atom is 0.158 e. The second-order valence-corrected chi connectivity index (χ2v) is 9.07. The largest absolute Gasteiger partial charge is 0.390 e. The normalized spacial score (nSPS) is 15.9. The molecule has 1 aliphatic rings. The first-order chi connectivity index (χ1) is 15.9. The van der Waals surface area contributed by atoms with Crippen molar-refractivity contribution in [1.82, 2.24) is 9.88 Å². The first kappa shape index (κ1) is 23.2. The summed E-state index contributed by atoms with van der Waals surface area (Å²) in [6.45, 7) is 4.61. The molecular weight excluding hydrogens is 435 g/mol. The number of rotatable bonds is 4. The molecule has 0 saturated carbocycles. The third-order valence-corrected chi connectivity index (χ3v) is 6.11. The van der Waals surface area contributed by atoms with Gasteiger partial charge in [-0.05, 0) is 67.1 Å². The molecule has 1 N–H and O–H groups in total. The van der Waals surface area contributed by atoms with Gasteiger partial charge >= 0.3 is 0 Å². The molecule has 1 saturated heterocycles. The minimum absolute atomic E-state index is 0.122. The lowest BCUT2D eigenvalue weighted by Crippen LogP contribution is -2.42. The summed E-state index contributed by atoms with van der Waals surface area (Å²) in [7, 11) is 0. The highest BCUT2D eigenvalue weighted by Gasteiger charge is 2.26. The quantitative estimate of drug-likeness (QED) is 0.500. The molecule has 0 radical (unpaired) electrons. The number of hydrogen-bond acceptors (Lipinski definition) is 3. The summed E-state index contributed by atoms with van der Waals surface area (Å²) in [5.74, 6) is 5.36. The van der Waals surface area contributed by atoms with Crippen LogP contribution in [-0.4, -0.2) is 40.2 Å². The van der Waals surface area contributed by atoms with E-state index < -0.39 is 11.4 Å². The van der Waals surface area contributed by atoms with E-state index in [1.807, 2.05) is 43.3 Å². The Kier molecular flexibility index (Phi) is 7.25. The Balaban J connectivity index is 1.36. The molecule has 0 spiro atoms. The van der Waals surface area contributed by atoms with Crippen molar-refractivity contribution in [3.63, 3.8) is 0 Å². The molecule has 2 heterocycles. The molecule has 168 valence electrons. The van der Waals surface area contributed by atoms with Crippen molar-refractivity contribution in [3.8, 4) is 23.0 Å². The summed E-state index contributed by atoms with van der Waals surface area (Å²) in [6, 6.07) is 16.5. The van der Waals surface area contributed by atoms with Crippen LogP contribution in [-0.2, 0) is 0 Å². The summed E-state index contributed by atoms with van der Waals surface area (Å²) in [6.07, 6.45) is 7.47. The number of benzene rings is 2. The standard InChI is InChI=1S/C28H26ClFN2O/c1-28(33)14-17-32(18-15-28)16-2-3-21-4-6-22(7-5-21)8-13-27-26(30)19-24(20-31-27)23-9-11-25(29)12-10-23/h2-7,9-12,19-20,33H,14-18H2,1H3. The summed E-state index contributed by atoms with van der Waals surface area (Å²) < 4.78 is 14.5. The van der Waals surface area contributed by atoms with Crippen LogP contribution in [0.3, 0.4) is 0 Å². The van der Waals surface area contributed by atoms with Crippen LogP contribution in [0.5, 0.6) is 0 Å². The number of aliphatic hydroxyl groups is 1. The van der Waals surface area contributed by atoms with Crippen LogP contribution < -0.4 is 0 Å². The van der Waals surface area contributed by atoms with Crippen LogP contribution in [0.15, 0.2) is 66.9 Å². The fourth-order valence-electron chi connectivity index (χ4n) is 3.69. The number of hydrogen-bond donors (Lipinski definition) is 1. The molecule has 0 amide bonds. The number of aromatic nitrogens is 1. The Morgan fingerprint density at radius 2 is 1.76 bits per heavy atom. The van der Waals surface area contributed by atoms with Gasteiger partial charge in [0.05, 0.1) is 5.60 Å². The highest BCUT2D eigenvalue weighted by molar-refractivity contribution is 6.30. The zero-order valence-corrected chi connectivity index (χ0v) is 19.3. The Bertz CT molecular complexity index is 1180. The van der Waals surface area contributed by atoms with Crippen LogP contribution in [0.25, 0.3) is 17.2 Å². The molecule has 1 aliphatic heterocycles. The van der Waals surface area contributed by atoms with Crippen LogP contribution in [0.1, 0.15) is 36.6 Å². The van der Waals surface area contributed by atoms with E-state index in [4.69, 9.17) is 11.6 Å². The molecule has 4 rings (SSSR count). The topological polar surface area (TPSA) is 36.4 Å². The van der Waals surface area contributed by atoms with Gasteiger partial charge in [-0.3, -0.25) is 4.90 Å². The summed E-state index contributed by atoms with van der Waals surface area (Å²) in [4.78, 5) is 6.53. The Labute approximate surface area is 199 Å². The van der Waals surface area contributed by atoms with Crippen molar-refractivity contribution in [2.24, 2.45) is 0 Å². The van der Waals surface area contributed by atoms with E-state index in [2.05, 4.69) is 33.9 Å². The first-order valence-electron chi connectivity index (χ1n) is 11.0. The fraction of sp³-hybridized carbons (Fsp3) is 0.250. The molecule has 0 bridgehead atoms. The van der Waals surface area contributed by atoms with Crippen LogP contribution >= 0.6 is 11.6 Å². The zero-order chi connectivity index (χ0) is 23.3. The lowest BCUT2D eigenvalue weighted by Gasteiger charge is -2.35. The number of likely N-dealkylation sites (tertiary alicyclic amines) is 1. The monoisotopic (exact) mass is 460 g/mol. The van der Waals surface area contributed by atoms with Gasteiger partial charge in [0.15, 0.2) is 5.82 Å². The maximum atomic E-state index is 14.5. The smallest absolute Gasteiger partial charge is 0.158 e. The summed E-state index contributed by atoms with van der Waals surface area (Å²) in [5, 5.41) is 10.7. The molecule has 0 aliphatic carbocycles. The molecule has 1 fully saturated rings. The van der Waals surface area contributed by atoms with E-state index in [1.165, 1.54) is 6.07 Å². The molecule has 3 nitrogen and oxygen atoms in total. The lowest BCUT2D eigenvalue weighted by atomic mass is 9.94. The van der Waals surface area contributed by atoms with Gasteiger partial charge in [0, 0.05) is 42.0 Å². The van der Waals surface area contributed by atoms with E-state index in [0.29, 0.717) is 10.6 Å². The molecule has 33 heavy (non-hydrogen) atoms. The van der Waals surface area contributed by atoms with Crippen LogP contribution in [0.2, 0.25) is 5.02 Å². The van der Waals surface area contributed by atoms with Gasteiger partial charge in [-0.15, -0.1) is 0 Å². The SMILES string of the molecule is CC1(O)CCN(CC=Cc2ccc(C#Cc3ncc(-c4ccc(Cl)cc4)cc3F)cc2)CC1. The third kappa shape index (κ3) is 6.52. The predicted molar refractivity (Wildman–Crippen MR) is 132 cm³/mol. The Morgan fingerprint density at radius 1 is 1.06 bits per heavy atom. The van der Waals surface area contributed by atoms with Gasteiger partial charge < -0.3 is 5.11 Å². The second kappa shape index (κ2) is 10.3. The molecule has 1 aromatic heterocycles. The van der Waals surface area contributed by atoms with Crippen molar-refractivity contribution < 1.29 is 9.50 Å². The summed E-state index contributed by atoms with van der Waals surface area (Å²) >= 11 is 5.91. The second-order valence-electron chi connectivity index (χ2n) is 8.63. The van der Waals surface area contributed by atoms with E-state index >= 15 is 0 Å². The first-order valence-corrected chi connectivity index (χ1v) is 11.4. The number of piperidine rings is 1. The molecule has 3 aromatic rings. The number of nitrogens with zero attached hydrogens (tertiary/aromatic N) is 2. The van der Waals surface area contributed by atoms with Crippen molar-refractivity contribution in [3.05, 3.63) is 94.5 Å². The van der Waals surface area contributed by atoms with Crippen molar-refractivity contribution in [1.29, 1.82) is 0 Å². The van der Waals surface area contributed by atoms with E-state index in [1.54, 1.807) is 18.3 Å². The minimum Gasteiger partial charge on any atom is -0.390 e. The summed E-state index contributed by atoms with van der Waals surface area (Å²) in [5.41, 5.74) is 3.02. The van der Waals surface area contributed by atoms with Crippen LogP contribution in [0.4, 0.5) is 4.39 Å². The van der Waals surface area contributed by atoms with Gasteiger partial charge in [0.1, 0.15) is 5.69 Å². The van der Waals surface area contributed by atoms with Crippen molar-refractivity contribution in [2.75, 3.05) is 19.6 Å². The van der Waals surface area contributed by atoms with Gasteiger partial charge in [0.2, 0.25) is 0 Å². The van der Waals surface area contributed by atoms with Crippen molar-refractivity contribution >= 4 is 17.7 Å². The van der Waals surface area contributed by atoms with E-state index in [9.17, 15) is 9.50 Å². The van der Waals surface area contributed by atoms with Gasteiger partial charge in [-0.25, -0.2) is 9.37 Å². The van der Waals surface area contributed by atoms with Gasteiger partial charge in [-0.2, -0.15) is 0 Å². The van der Waals surface area contributed by atoms with Crippen LogP contribution in [0, 0.1) is 17.7 Å². The number of halogens is 2. The third-order valence-electron chi connectivity index (χ3n) is 5.86. The minimum atomic E-state index is -0.520. The Hall–Kier alpha value is -2.97. The average Bonchev–Trinajstić information content (AvgIpc) is 2.81. The maximum absolute atomic E-state index is 14.5. The molecule has 5 heteroatoms. The number of pyridine rings is 1. The average molecular weight is 461 g/mol. The van der Waals surface area contributed by atoms with E-state index in [-0.39, 0.29) is 5.69 Å². The lowest BCUT2D eigenvalue weighted by molar-refractivity contribution is -0.00241. The Morgan fingerprint density at radius 3 is 2.42 bits per heavy atom. The predicted octanol–water partition coefficient (Wildman–Crippen LogP) is 5.80. The van der Waals surface area contributed by atoms with E-state index in [0.717, 1.165) is 49.2 Å². The van der Waals surface area contributed by atoms with Gasteiger partial charge in [-0.1, -0.05) is 53.9 Å². The molecule has 0 unspecified atom stereocenters. The molecule has 2 aromatic carbocycles. The fourth-order valence-corrected chi connectivity index (χ4v) is 3.82. The molecule has 0 atom stereocenters. The van der Waals surface area contributed by atoms with Gasteiger partial charge in [0.25, 0.3) is 0 Å². The zero-order valence-electron chi connectivity index (χ0n) is 18.6. The van der Waals surface area contributed by atoms with Crippen molar-refractivity contribution in [2.45, 2.75) is 25.4 Å². The highest BCUT2D eigenvalue weighted by atomic mass is 35.5. The highest BCUT2D eigenvalue weighted by Crippen LogP contribution is 2.23.